The lowest BCUT2D eigenvalue weighted by Crippen LogP contribution is -2.29. The van der Waals surface area contributed by atoms with Gasteiger partial charge in [-0.15, -0.1) is 0 Å². The van der Waals surface area contributed by atoms with Crippen LogP contribution in [0, 0.1) is 0 Å². The number of amides is 1. The summed E-state index contributed by atoms with van der Waals surface area (Å²) in [6, 6.07) is 0. The predicted octanol–water partition coefficient (Wildman–Crippen LogP) is 0.623. The van der Waals surface area contributed by atoms with E-state index in [1.54, 1.807) is 0 Å². The molecule has 15 heavy (non-hydrogen) atoms. The third-order valence-corrected chi connectivity index (χ3v) is 2.31. The fraction of sp³-hybridized carbons (Fsp3) is 0.556. The van der Waals surface area contributed by atoms with Gasteiger partial charge in [-0.25, -0.2) is 9.13 Å². The number of hydrogen-bond donors (Lipinski definition) is 1. The lowest BCUT2D eigenvalue weighted by Gasteiger charge is -2.03. The molecule has 0 aliphatic carbocycles. The van der Waals surface area contributed by atoms with E-state index in [1.165, 1.54) is 0 Å². The molecule has 0 unspecified atom stereocenters. The van der Waals surface area contributed by atoms with Gasteiger partial charge >= 0.3 is 0 Å². The lowest BCUT2D eigenvalue weighted by molar-refractivity contribution is -0.671. The van der Waals surface area contributed by atoms with Gasteiger partial charge in [-0.2, -0.15) is 0 Å². The molecule has 1 rings (SSSR count). The van der Waals surface area contributed by atoms with E-state index in [1.807, 2.05) is 34.9 Å². The standard InChI is InChI=1S/C9H13Cl2N3O/c1-13-5-6-14(7-13)4-2-3-12-9(15)8(10)11/h5-8H,2-4H2,1H3/p+1. The van der Waals surface area contributed by atoms with E-state index in [4.69, 9.17) is 23.2 Å². The Morgan fingerprint density at radius 1 is 1.60 bits per heavy atom. The summed E-state index contributed by atoms with van der Waals surface area (Å²) in [6.45, 7) is 1.44. The first-order chi connectivity index (χ1) is 7.09. The molecule has 6 heteroatoms. The normalized spacial score (nSPS) is 10.7. The minimum atomic E-state index is -0.977. The van der Waals surface area contributed by atoms with E-state index < -0.39 is 4.84 Å². The van der Waals surface area contributed by atoms with Gasteiger partial charge in [0.05, 0.1) is 13.6 Å². The zero-order valence-electron chi connectivity index (χ0n) is 8.49. The smallest absolute Gasteiger partial charge is 0.253 e. The number of rotatable bonds is 5. The maximum Gasteiger partial charge on any atom is 0.253 e. The van der Waals surface area contributed by atoms with Crippen LogP contribution in [-0.2, 0) is 18.4 Å². The molecule has 0 bridgehead atoms. The van der Waals surface area contributed by atoms with Crippen LogP contribution in [0.3, 0.4) is 0 Å². The summed E-state index contributed by atoms with van der Waals surface area (Å²) >= 11 is 10.7. The Bertz CT molecular complexity index is 325. The first-order valence-electron chi connectivity index (χ1n) is 4.66. The molecule has 1 N–H and O–H groups in total. The highest BCUT2D eigenvalue weighted by Crippen LogP contribution is 2.00. The Hall–Kier alpha value is -0.740. The average Bonchev–Trinajstić information content (AvgIpc) is 2.58. The molecule has 0 aliphatic heterocycles. The Balaban J connectivity index is 2.15. The van der Waals surface area contributed by atoms with Crippen LogP contribution in [0.25, 0.3) is 0 Å². The van der Waals surface area contributed by atoms with Gasteiger partial charge in [0.2, 0.25) is 6.33 Å². The second-order valence-electron chi connectivity index (χ2n) is 3.26. The molecule has 4 nitrogen and oxygen atoms in total. The van der Waals surface area contributed by atoms with Crippen LogP contribution in [0.1, 0.15) is 6.42 Å². The van der Waals surface area contributed by atoms with Crippen molar-refractivity contribution in [3.05, 3.63) is 18.7 Å². The number of alkyl halides is 2. The van der Waals surface area contributed by atoms with Crippen molar-refractivity contribution in [2.75, 3.05) is 6.54 Å². The van der Waals surface area contributed by atoms with Crippen molar-refractivity contribution in [3.63, 3.8) is 0 Å². The fourth-order valence-electron chi connectivity index (χ4n) is 1.18. The van der Waals surface area contributed by atoms with Crippen LogP contribution < -0.4 is 9.88 Å². The minimum Gasteiger partial charge on any atom is -0.354 e. The molecule has 0 radical (unpaired) electrons. The summed E-state index contributed by atoms with van der Waals surface area (Å²) in [6.07, 6.45) is 6.77. The molecule has 0 saturated carbocycles. The van der Waals surface area contributed by atoms with Crippen LogP contribution in [0.4, 0.5) is 0 Å². The van der Waals surface area contributed by atoms with Crippen LogP contribution in [0.5, 0.6) is 0 Å². The second-order valence-corrected chi connectivity index (χ2v) is 4.36. The number of aryl methyl sites for hydroxylation is 2. The Morgan fingerprint density at radius 2 is 2.33 bits per heavy atom. The third kappa shape index (κ3) is 4.53. The molecule has 1 aromatic rings. The summed E-state index contributed by atoms with van der Waals surface area (Å²) in [5.74, 6) is -0.337. The molecule has 0 fully saturated rings. The number of nitrogens with zero attached hydrogens (tertiary/aromatic N) is 2. The van der Waals surface area contributed by atoms with E-state index in [2.05, 4.69) is 5.32 Å². The maximum atomic E-state index is 11.0. The molecular formula is C9H14Cl2N3O+. The predicted molar refractivity (Wildman–Crippen MR) is 58.7 cm³/mol. The quantitative estimate of drug-likeness (QED) is 0.465. The van der Waals surface area contributed by atoms with Crippen LogP contribution in [0.2, 0.25) is 0 Å². The minimum absolute atomic E-state index is 0.337. The highest BCUT2D eigenvalue weighted by Gasteiger charge is 2.09. The number of aromatic nitrogens is 2. The molecule has 1 amide bonds. The lowest BCUT2D eigenvalue weighted by atomic mass is 10.4. The highest BCUT2D eigenvalue weighted by atomic mass is 35.5. The van der Waals surface area contributed by atoms with Gasteiger partial charge in [-0.1, -0.05) is 23.2 Å². The Morgan fingerprint density at radius 3 is 2.87 bits per heavy atom. The van der Waals surface area contributed by atoms with E-state index >= 15 is 0 Å². The van der Waals surface area contributed by atoms with Gasteiger partial charge in [0, 0.05) is 13.0 Å². The van der Waals surface area contributed by atoms with Gasteiger partial charge in [-0.3, -0.25) is 4.79 Å². The molecule has 0 atom stereocenters. The molecular weight excluding hydrogens is 237 g/mol. The maximum absolute atomic E-state index is 11.0. The van der Waals surface area contributed by atoms with Gasteiger partial charge in [0.1, 0.15) is 12.4 Å². The van der Waals surface area contributed by atoms with Crippen LogP contribution in [-0.4, -0.2) is 21.9 Å². The van der Waals surface area contributed by atoms with E-state index in [0.29, 0.717) is 6.54 Å². The highest BCUT2D eigenvalue weighted by molar-refractivity contribution is 6.53. The second kappa shape index (κ2) is 5.98. The number of carbonyl (C=O) groups is 1. The SMILES string of the molecule is C[n+]1ccn(CCCNC(=O)C(Cl)Cl)c1. The van der Waals surface area contributed by atoms with Crippen molar-refractivity contribution < 1.29 is 9.36 Å². The summed E-state index contributed by atoms with van der Waals surface area (Å²) < 4.78 is 4.01. The zero-order valence-corrected chi connectivity index (χ0v) is 10.0. The Kier molecular flexibility index (Phi) is 4.91. The topological polar surface area (TPSA) is 37.9 Å². The van der Waals surface area contributed by atoms with Crippen molar-refractivity contribution in [1.29, 1.82) is 0 Å². The number of halogens is 2. The summed E-state index contributed by atoms with van der Waals surface area (Å²) in [4.78, 5) is 9.99. The van der Waals surface area contributed by atoms with Gasteiger partial charge in [0.25, 0.3) is 5.91 Å². The molecule has 0 saturated heterocycles. The molecule has 84 valence electrons. The van der Waals surface area contributed by atoms with E-state index in [9.17, 15) is 4.79 Å². The van der Waals surface area contributed by atoms with Crippen molar-refractivity contribution >= 4 is 29.1 Å². The number of carbonyl (C=O) groups excluding carboxylic acids is 1. The molecule has 1 aromatic heterocycles. The fourth-order valence-corrected chi connectivity index (χ4v) is 1.34. The van der Waals surface area contributed by atoms with Gasteiger partial charge in [0.15, 0.2) is 4.84 Å². The summed E-state index contributed by atoms with van der Waals surface area (Å²) in [5.41, 5.74) is 0. The van der Waals surface area contributed by atoms with Crippen LogP contribution >= 0.6 is 23.2 Å². The summed E-state index contributed by atoms with van der Waals surface area (Å²) in [5, 5.41) is 2.64. The first-order valence-corrected chi connectivity index (χ1v) is 5.54. The van der Waals surface area contributed by atoms with Gasteiger partial charge < -0.3 is 5.32 Å². The Labute approximate surface area is 98.8 Å². The largest absolute Gasteiger partial charge is 0.354 e. The summed E-state index contributed by atoms with van der Waals surface area (Å²) in [7, 11) is 1.96. The molecule has 0 spiro atoms. The number of hydrogen-bond acceptors (Lipinski definition) is 1. The van der Waals surface area contributed by atoms with Gasteiger partial charge in [-0.05, 0) is 0 Å². The molecule has 0 aliphatic rings. The molecule has 0 aromatic carbocycles. The van der Waals surface area contributed by atoms with E-state index in [0.717, 1.165) is 13.0 Å². The van der Waals surface area contributed by atoms with Crippen LogP contribution in [0.15, 0.2) is 18.7 Å². The van der Waals surface area contributed by atoms with Crippen molar-refractivity contribution in [1.82, 2.24) is 9.88 Å². The number of nitrogens with one attached hydrogen (secondary N) is 1. The first kappa shape index (κ1) is 12.3. The third-order valence-electron chi connectivity index (χ3n) is 1.91. The zero-order chi connectivity index (χ0) is 11.3. The van der Waals surface area contributed by atoms with Crippen molar-refractivity contribution in [2.24, 2.45) is 7.05 Å². The van der Waals surface area contributed by atoms with Crippen molar-refractivity contribution in [2.45, 2.75) is 17.8 Å². The van der Waals surface area contributed by atoms with Crippen molar-refractivity contribution in [3.8, 4) is 0 Å². The number of imidazole rings is 1. The average molecular weight is 251 g/mol. The van der Waals surface area contributed by atoms with E-state index in [-0.39, 0.29) is 5.91 Å². The molecule has 1 heterocycles. The monoisotopic (exact) mass is 250 g/mol.